The fourth-order valence-corrected chi connectivity index (χ4v) is 3.08. The van der Waals surface area contributed by atoms with Gasteiger partial charge >= 0.3 is 0 Å². The number of amides is 1. The molecule has 1 fully saturated rings. The van der Waals surface area contributed by atoms with E-state index in [9.17, 15) is 4.79 Å². The number of ether oxygens (including phenoxy) is 1. The second kappa shape index (κ2) is 5.26. The Kier molecular flexibility index (Phi) is 3.46. The minimum absolute atomic E-state index is 0.130. The normalized spacial score (nSPS) is 16.8. The second-order valence-corrected chi connectivity index (χ2v) is 6.04. The number of hydrogen-bond acceptors (Lipinski definition) is 4. The van der Waals surface area contributed by atoms with E-state index in [2.05, 4.69) is 5.32 Å². The Morgan fingerprint density at radius 3 is 2.65 bits per heavy atom. The van der Waals surface area contributed by atoms with Gasteiger partial charge < -0.3 is 10.1 Å². The van der Waals surface area contributed by atoms with E-state index in [-0.39, 0.29) is 5.91 Å². The van der Waals surface area contributed by atoms with Gasteiger partial charge in [0.25, 0.3) is 5.91 Å². The molecule has 3 nitrogen and oxygen atoms in total. The van der Waals surface area contributed by atoms with Crippen LogP contribution in [0.3, 0.4) is 0 Å². The molecule has 5 heteroatoms. The van der Waals surface area contributed by atoms with Crippen LogP contribution in [0.15, 0.2) is 41.3 Å². The van der Waals surface area contributed by atoms with Crippen LogP contribution in [0.5, 0.6) is 5.75 Å². The molecule has 2 aromatic carbocycles. The largest absolute Gasteiger partial charge is 0.497 e. The zero-order valence-electron chi connectivity index (χ0n) is 10.7. The summed E-state index contributed by atoms with van der Waals surface area (Å²) in [5, 5.41) is 4.82. The molecule has 1 amide bonds. The maximum absolute atomic E-state index is 11.6. The van der Waals surface area contributed by atoms with Gasteiger partial charge in [0.05, 0.1) is 12.0 Å². The molecule has 1 N–H and O–H groups in total. The molecule has 0 radical (unpaired) electrons. The van der Waals surface area contributed by atoms with E-state index in [0.29, 0.717) is 9.23 Å². The van der Waals surface area contributed by atoms with Gasteiger partial charge in [-0.2, -0.15) is 0 Å². The highest BCUT2D eigenvalue weighted by Gasteiger charge is 2.21. The number of rotatable bonds is 2. The average molecular weight is 301 g/mol. The number of fused-ring (bicyclic) bond motifs is 1. The number of carbonyl (C=O) groups excluding carboxylic acids is 1. The molecule has 0 spiro atoms. The third-order valence-electron chi connectivity index (χ3n) is 3.01. The van der Waals surface area contributed by atoms with Gasteiger partial charge in [0, 0.05) is 0 Å². The van der Waals surface area contributed by atoms with E-state index >= 15 is 0 Å². The molecular weight excluding hydrogens is 290 g/mol. The fourth-order valence-electron chi connectivity index (χ4n) is 2.03. The second-order valence-electron chi connectivity index (χ2n) is 4.32. The molecule has 0 bridgehead atoms. The first-order valence-electron chi connectivity index (χ1n) is 5.98. The smallest absolute Gasteiger partial charge is 0.263 e. The van der Waals surface area contributed by atoms with Crippen molar-refractivity contribution < 1.29 is 9.53 Å². The molecule has 2 aromatic rings. The lowest BCUT2D eigenvalue weighted by Crippen LogP contribution is -2.17. The number of hydrogen-bond donors (Lipinski definition) is 1. The van der Waals surface area contributed by atoms with E-state index in [4.69, 9.17) is 17.0 Å². The van der Waals surface area contributed by atoms with Gasteiger partial charge in [-0.15, -0.1) is 0 Å². The van der Waals surface area contributed by atoms with Crippen LogP contribution in [0.2, 0.25) is 0 Å². The van der Waals surface area contributed by atoms with Crippen molar-refractivity contribution in [3.8, 4) is 5.75 Å². The van der Waals surface area contributed by atoms with Crippen molar-refractivity contribution in [1.29, 1.82) is 0 Å². The first kappa shape index (κ1) is 13.1. The zero-order chi connectivity index (χ0) is 14.1. The van der Waals surface area contributed by atoms with Crippen molar-refractivity contribution in [1.82, 2.24) is 5.32 Å². The van der Waals surface area contributed by atoms with Crippen molar-refractivity contribution in [2.24, 2.45) is 0 Å². The van der Waals surface area contributed by atoms with E-state index in [1.807, 2.05) is 42.5 Å². The SMILES string of the molecule is COc1ccc2cc(/C=C3/SC(=S)NC3=O)ccc2c1. The van der Waals surface area contributed by atoms with Crippen molar-refractivity contribution in [2.45, 2.75) is 0 Å². The summed E-state index contributed by atoms with van der Waals surface area (Å²) >= 11 is 6.26. The first-order chi connectivity index (χ1) is 9.65. The summed E-state index contributed by atoms with van der Waals surface area (Å²) in [5.41, 5.74) is 0.977. The molecule has 0 saturated carbocycles. The van der Waals surface area contributed by atoms with E-state index in [1.54, 1.807) is 7.11 Å². The van der Waals surface area contributed by atoms with Gasteiger partial charge in [-0.25, -0.2) is 0 Å². The summed E-state index contributed by atoms with van der Waals surface area (Å²) in [6.07, 6.45) is 1.85. The van der Waals surface area contributed by atoms with Gasteiger partial charge in [0.15, 0.2) is 0 Å². The Labute approximate surface area is 126 Å². The fraction of sp³-hybridized carbons (Fsp3) is 0.0667. The van der Waals surface area contributed by atoms with Crippen molar-refractivity contribution in [2.75, 3.05) is 7.11 Å². The van der Waals surface area contributed by atoms with Crippen LogP contribution >= 0.6 is 24.0 Å². The number of benzene rings is 2. The quantitative estimate of drug-likeness (QED) is 0.682. The summed E-state index contributed by atoms with van der Waals surface area (Å²) in [6.45, 7) is 0. The standard InChI is InChI=1S/C15H11NO2S2/c1-18-12-5-4-10-6-9(2-3-11(10)8-12)7-13-14(17)16-15(19)20-13/h2-8H,1H3,(H,16,17,19)/b13-7+. The molecule has 0 unspecified atom stereocenters. The van der Waals surface area contributed by atoms with Crippen molar-refractivity contribution in [3.63, 3.8) is 0 Å². The molecule has 0 aliphatic carbocycles. The van der Waals surface area contributed by atoms with Crippen molar-refractivity contribution in [3.05, 3.63) is 46.9 Å². The van der Waals surface area contributed by atoms with Crippen LogP contribution in [0, 0.1) is 0 Å². The Balaban J connectivity index is 1.99. The van der Waals surface area contributed by atoms with Crippen molar-refractivity contribution >= 4 is 51.1 Å². The summed E-state index contributed by atoms with van der Waals surface area (Å²) in [5.74, 6) is 0.703. The molecule has 1 aliphatic heterocycles. The molecule has 0 aromatic heterocycles. The van der Waals surface area contributed by atoms with Gasteiger partial charge in [-0.1, -0.05) is 42.2 Å². The highest BCUT2D eigenvalue weighted by Crippen LogP contribution is 2.27. The van der Waals surface area contributed by atoms with Crippen LogP contribution in [0.25, 0.3) is 16.8 Å². The topological polar surface area (TPSA) is 38.3 Å². The molecule has 1 heterocycles. The molecule has 0 atom stereocenters. The molecule has 100 valence electrons. The number of methoxy groups -OCH3 is 1. The molecule has 20 heavy (non-hydrogen) atoms. The summed E-state index contributed by atoms with van der Waals surface area (Å²) in [4.78, 5) is 12.3. The number of thioether (sulfide) groups is 1. The van der Waals surface area contributed by atoms with E-state index in [0.717, 1.165) is 22.1 Å². The maximum atomic E-state index is 11.6. The lowest BCUT2D eigenvalue weighted by molar-refractivity contribution is -0.115. The molecule has 3 rings (SSSR count). The monoisotopic (exact) mass is 301 g/mol. The molecule has 1 aliphatic rings. The summed E-state index contributed by atoms with van der Waals surface area (Å²) in [7, 11) is 1.65. The Hall–Kier alpha value is -1.85. The molecular formula is C15H11NO2S2. The number of thiocarbonyl (C=S) groups is 1. The zero-order valence-corrected chi connectivity index (χ0v) is 12.3. The highest BCUT2D eigenvalue weighted by molar-refractivity contribution is 8.26. The van der Waals surface area contributed by atoms with Crippen LogP contribution in [0.1, 0.15) is 5.56 Å². The Morgan fingerprint density at radius 1 is 1.20 bits per heavy atom. The number of nitrogens with one attached hydrogen (secondary N) is 1. The van der Waals surface area contributed by atoms with E-state index in [1.165, 1.54) is 11.8 Å². The number of carbonyl (C=O) groups is 1. The lowest BCUT2D eigenvalue weighted by atomic mass is 10.1. The third-order valence-corrected chi connectivity index (χ3v) is 4.17. The van der Waals surface area contributed by atoms with Crippen LogP contribution in [-0.4, -0.2) is 17.3 Å². The highest BCUT2D eigenvalue weighted by atomic mass is 32.2. The first-order valence-corrected chi connectivity index (χ1v) is 7.21. The van der Waals surface area contributed by atoms with Gasteiger partial charge in [0.2, 0.25) is 0 Å². The van der Waals surface area contributed by atoms with Gasteiger partial charge in [0.1, 0.15) is 10.1 Å². The van der Waals surface area contributed by atoms with Crippen LogP contribution in [-0.2, 0) is 4.79 Å². The minimum Gasteiger partial charge on any atom is -0.497 e. The maximum Gasteiger partial charge on any atom is 0.263 e. The van der Waals surface area contributed by atoms with Gasteiger partial charge in [-0.05, 0) is 40.6 Å². The minimum atomic E-state index is -0.130. The summed E-state index contributed by atoms with van der Waals surface area (Å²) in [6, 6.07) is 11.9. The predicted octanol–water partition coefficient (Wildman–Crippen LogP) is 3.34. The Bertz CT molecular complexity index is 753. The Morgan fingerprint density at radius 2 is 1.95 bits per heavy atom. The lowest BCUT2D eigenvalue weighted by Gasteiger charge is -2.03. The van der Waals surface area contributed by atoms with E-state index < -0.39 is 0 Å². The predicted molar refractivity (Wildman–Crippen MR) is 86.8 cm³/mol. The third kappa shape index (κ3) is 2.55. The van der Waals surface area contributed by atoms with Gasteiger partial charge in [-0.3, -0.25) is 4.79 Å². The average Bonchev–Trinajstić information content (AvgIpc) is 2.76. The summed E-state index contributed by atoms with van der Waals surface area (Å²) < 4.78 is 5.71. The van der Waals surface area contributed by atoms with Crippen LogP contribution in [0.4, 0.5) is 0 Å². The molecule has 1 saturated heterocycles. The van der Waals surface area contributed by atoms with Crippen LogP contribution < -0.4 is 10.1 Å².